The zero-order valence-electron chi connectivity index (χ0n) is 20.6. The second-order valence-electron chi connectivity index (χ2n) is 10.2. The number of carboxylic acid groups (broad SMARTS) is 2. The first kappa shape index (κ1) is 27.9. The van der Waals surface area contributed by atoms with Crippen LogP contribution in [0, 0.1) is 23.2 Å². The summed E-state index contributed by atoms with van der Waals surface area (Å²) in [6, 6.07) is 3.07. The summed E-state index contributed by atoms with van der Waals surface area (Å²) in [6.45, 7) is 8.40. The zero-order chi connectivity index (χ0) is 27.2. The second-order valence-corrected chi connectivity index (χ2v) is 11.1. The molecular formula is C24H31Cl2N3O7. The maximum absolute atomic E-state index is 13.1. The van der Waals surface area contributed by atoms with E-state index in [9.17, 15) is 29.4 Å². The number of nitrogens with one attached hydrogen (secondary N) is 3. The summed E-state index contributed by atoms with van der Waals surface area (Å²) in [5, 5.41) is 28.7. The van der Waals surface area contributed by atoms with Crippen molar-refractivity contribution in [3.05, 3.63) is 28.2 Å². The summed E-state index contributed by atoms with van der Waals surface area (Å²) in [7, 11) is 0. The van der Waals surface area contributed by atoms with Crippen molar-refractivity contribution in [1.82, 2.24) is 10.6 Å². The lowest BCUT2D eigenvalue weighted by Crippen LogP contribution is -2.69. The fourth-order valence-corrected chi connectivity index (χ4v) is 6.53. The van der Waals surface area contributed by atoms with E-state index in [0.717, 1.165) is 0 Å². The highest BCUT2D eigenvalue weighted by molar-refractivity contribution is 6.39. The van der Waals surface area contributed by atoms with Crippen LogP contribution in [-0.4, -0.2) is 51.5 Å². The molecule has 198 valence electrons. The lowest BCUT2D eigenvalue weighted by Gasteiger charge is -2.48. The summed E-state index contributed by atoms with van der Waals surface area (Å²) in [4.78, 5) is 51.0. The number of benzene rings is 1. The van der Waals surface area contributed by atoms with Crippen LogP contribution < -0.4 is 16.0 Å². The Morgan fingerprint density at radius 3 is 2.06 bits per heavy atom. The van der Waals surface area contributed by atoms with Gasteiger partial charge in [0.15, 0.2) is 5.54 Å². The molecule has 12 heteroatoms. The maximum atomic E-state index is 13.1. The first-order valence-corrected chi connectivity index (χ1v) is 12.4. The number of hydrogen-bond acceptors (Lipinski definition) is 5. The summed E-state index contributed by atoms with van der Waals surface area (Å²) in [6.07, 6.45) is -0.523. The molecule has 0 saturated heterocycles. The minimum absolute atomic E-state index is 0.161. The van der Waals surface area contributed by atoms with Gasteiger partial charge in [-0.25, -0.2) is 14.4 Å². The molecule has 5 N–H and O–H groups in total. The van der Waals surface area contributed by atoms with Crippen molar-refractivity contribution in [3.63, 3.8) is 0 Å². The molecule has 1 aromatic rings. The highest BCUT2D eigenvalue weighted by atomic mass is 35.5. The highest BCUT2D eigenvalue weighted by Gasteiger charge is 2.84. The molecule has 0 aromatic heterocycles. The molecule has 10 nitrogen and oxygen atoms in total. The van der Waals surface area contributed by atoms with Crippen LogP contribution in [0.4, 0.5) is 15.3 Å². The van der Waals surface area contributed by atoms with E-state index in [4.69, 9.17) is 27.9 Å². The standard InChI is InChI=1S/C24H31Cl2N3O7/c1-6-23(7-2)17(28-20(34)27-16-11(25)9-8-10-12(16)26)13-14(18(30)31)15(13)24(23,19(32)33)29-21(35)36-22(3,4)5/h8-10,13-15,17H,6-7H2,1-5H3,(H,29,35)(H,30,31)(H,32,33)(H2,27,28,34). The molecule has 0 spiro atoms. The molecule has 2 aliphatic rings. The number of ether oxygens (including phenoxy) is 1. The summed E-state index contributed by atoms with van der Waals surface area (Å²) in [5.74, 6) is -5.37. The SMILES string of the molecule is CCC1(CC)C(NC(=O)Nc2c(Cl)cccc2Cl)C2C(C(=O)O)C2C1(NC(=O)OC(C)(C)C)C(=O)O. The Bertz CT molecular complexity index is 1070. The molecule has 2 fully saturated rings. The molecule has 36 heavy (non-hydrogen) atoms. The third-order valence-electron chi connectivity index (χ3n) is 7.41. The summed E-state index contributed by atoms with van der Waals surface area (Å²) < 4.78 is 5.35. The predicted molar refractivity (Wildman–Crippen MR) is 133 cm³/mol. The van der Waals surface area contributed by atoms with E-state index in [0.29, 0.717) is 0 Å². The number of urea groups is 1. The topological polar surface area (TPSA) is 154 Å². The van der Waals surface area contributed by atoms with E-state index < -0.39 is 64.4 Å². The van der Waals surface area contributed by atoms with Gasteiger partial charge < -0.3 is 30.9 Å². The fraction of sp³-hybridized carbons (Fsp3) is 0.583. The van der Waals surface area contributed by atoms with Crippen molar-refractivity contribution in [2.24, 2.45) is 23.2 Å². The van der Waals surface area contributed by atoms with Crippen molar-refractivity contribution >= 4 is 53.0 Å². The molecule has 3 rings (SSSR count). The van der Waals surface area contributed by atoms with Gasteiger partial charge in [0, 0.05) is 17.4 Å². The quantitative estimate of drug-likeness (QED) is 0.336. The minimum atomic E-state index is -1.99. The van der Waals surface area contributed by atoms with Gasteiger partial charge in [0.2, 0.25) is 0 Å². The fourth-order valence-electron chi connectivity index (χ4n) is 6.04. The van der Waals surface area contributed by atoms with Crippen molar-refractivity contribution in [2.45, 2.75) is 64.6 Å². The molecule has 3 amide bonds. The lowest BCUT2D eigenvalue weighted by atomic mass is 9.62. The van der Waals surface area contributed by atoms with Crippen molar-refractivity contribution in [2.75, 3.05) is 5.32 Å². The maximum Gasteiger partial charge on any atom is 0.408 e. The largest absolute Gasteiger partial charge is 0.481 e. The van der Waals surface area contributed by atoms with E-state index in [1.807, 2.05) is 0 Å². The van der Waals surface area contributed by atoms with E-state index in [1.165, 1.54) is 0 Å². The monoisotopic (exact) mass is 543 g/mol. The molecule has 0 radical (unpaired) electrons. The summed E-state index contributed by atoms with van der Waals surface area (Å²) in [5.41, 5.74) is -3.97. The number of carbonyl (C=O) groups is 4. The number of anilines is 1. The van der Waals surface area contributed by atoms with Crippen LogP contribution in [0.1, 0.15) is 47.5 Å². The smallest absolute Gasteiger partial charge is 0.408 e. The Morgan fingerprint density at radius 1 is 1.06 bits per heavy atom. The Morgan fingerprint density at radius 2 is 1.61 bits per heavy atom. The predicted octanol–water partition coefficient (Wildman–Crippen LogP) is 4.60. The van der Waals surface area contributed by atoms with Gasteiger partial charge in [0.25, 0.3) is 0 Å². The molecule has 2 aliphatic carbocycles. The lowest BCUT2D eigenvalue weighted by molar-refractivity contribution is -0.155. The number of hydrogen-bond donors (Lipinski definition) is 5. The van der Waals surface area contributed by atoms with Crippen LogP contribution in [0.5, 0.6) is 0 Å². The van der Waals surface area contributed by atoms with Gasteiger partial charge >= 0.3 is 24.1 Å². The molecule has 0 heterocycles. The van der Waals surface area contributed by atoms with Gasteiger partial charge in [-0.1, -0.05) is 43.1 Å². The van der Waals surface area contributed by atoms with E-state index >= 15 is 0 Å². The van der Waals surface area contributed by atoms with Gasteiger partial charge in [-0.2, -0.15) is 0 Å². The van der Waals surface area contributed by atoms with Gasteiger partial charge in [-0.05, 0) is 51.7 Å². The molecule has 1 aromatic carbocycles. The Balaban J connectivity index is 2.04. The van der Waals surface area contributed by atoms with Gasteiger partial charge in [-0.3, -0.25) is 4.79 Å². The van der Waals surface area contributed by atoms with Gasteiger partial charge in [-0.15, -0.1) is 0 Å². The molecule has 5 unspecified atom stereocenters. The first-order valence-electron chi connectivity index (χ1n) is 11.7. The van der Waals surface area contributed by atoms with Crippen LogP contribution in [0.25, 0.3) is 0 Å². The molecular weight excluding hydrogens is 513 g/mol. The number of alkyl carbamates (subject to hydrolysis) is 1. The average molecular weight is 544 g/mol. The van der Waals surface area contributed by atoms with Crippen LogP contribution in [-0.2, 0) is 14.3 Å². The van der Waals surface area contributed by atoms with Crippen LogP contribution in [0.3, 0.4) is 0 Å². The Kier molecular flexibility index (Phi) is 7.45. The van der Waals surface area contributed by atoms with E-state index in [2.05, 4.69) is 16.0 Å². The average Bonchev–Trinajstić information content (AvgIpc) is 3.45. The number of carboxylic acids is 2. The zero-order valence-corrected chi connectivity index (χ0v) is 22.2. The first-order chi connectivity index (χ1) is 16.7. The number of amides is 3. The van der Waals surface area contributed by atoms with Crippen molar-refractivity contribution < 1.29 is 34.1 Å². The second kappa shape index (κ2) is 9.63. The van der Waals surface area contributed by atoms with Crippen LogP contribution in [0.15, 0.2) is 18.2 Å². The number of aliphatic carboxylic acids is 2. The molecule has 5 atom stereocenters. The van der Waals surface area contributed by atoms with Crippen molar-refractivity contribution in [1.29, 1.82) is 0 Å². The van der Waals surface area contributed by atoms with Gasteiger partial charge in [0.1, 0.15) is 5.60 Å². The highest BCUT2D eigenvalue weighted by Crippen LogP contribution is 2.71. The van der Waals surface area contributed by atoms with Crippen LogP contribution in [0.2, 0.25) is 10.0 Å². The van der Waals surface area contributed by atoms with E-state index in [1.54, 1.807) is 52.8 Å². The Hall–Kier alpha value is -2.72. The minimum Gasteiger partial charge on any atom is -0.481 e. The number of carbonyl (C=O) groups excluding carboxylic acids is 2. The third-order valence-corrected chi connectivity index (χ3v) is 8.04. The van der Waals surface area contributed by atoms with Crippen molar-refractivity contribution in [3.8, 4) is 0 Å². The molecule has 0 aliphatic heterocycles. The number of rotatable bonds is 7. The van der Waals surface area contributed by atoms with Crippen LogP contribution >= 0.6 is 23.2 Å². The number of halogens is 2. The molecule has 0 bridgehead atoms. The Labute approximate surface area is 219 Å². The third kappa shape index (κ3) is 4.45. The number of para-hydroxylation sites is 1. The normalized spacial score (nSPS) is 28.0. The summed E-state index contributed by atoms with van der Waals surface area (Å²) >= 11 is 12.3. The number of fused-ring (bicyclic) bond motifs is 1. The van der Waals surface area contributed by atoms with E-state index in [-0.39, 0.29) is 28.6 Å². The molecule has 2 saturated carbocycles. The van der Waals surface area contributed by atoms with Gasteiger partial charge in [0.05, 0.1) is 21.7 Å².